The lowest BCUT2D eigenvalue weighted by Crippen LogP contribution is -2.23. The molecule has 0 radical (unpaired) electrons. The van der Waals surface area contributed by atoms with Crippen LogP contribution in [0.4, 0.5) is 0 Å². The molecule has 0 aliphatic rings. The Labute approximate surface area is 224 Å². The largest absolute Gasteiger partial charge is 0.400 e. The van der Waals surface area contributed by atoms with E-state index >= 15 is 0 Å². The molecule has 2 heterocycles. The van der Waals surface area contributed by atoms with Crippen molar-refractivity contribution in [3.05, 3.63) is 73.1 Å². The maximum absolute atomic E-state index is 9.91. The monoisotopic (exact) mass is 526 g/mol. The molecule has 9 N–H and O–H groups in total. The van der Waals surface area contributed by atoms with Crippen LogP contribution < -0.4 is 22.9 Å². The number of aliphatic hydroxyl groups excluding tert-OH is 1. The lowest BCUT2D eigenvalue weighted by molar-refractivity contribution is -0.116. The number of aryl methyl sites for hydroxylation is 2. The fraction of sp³-hybridized carbons (Fsp3) is 0.259. The standard InChI is InChI=1S/2C9H9N.2C3H7N3O.C2H6.CH4O/c2*1-10-7-6-8-4-2-3-5-9(8)10;2*1-2(7)6-3(4)5;2*1-2/h2*2-7H,1H3;2*1H3,(H4,4,5,6,7);1-2H3;2H,1H3. The summed E-state index contributed by atoms with van der Waals surface area (Å²) in [5.41, 5.74) is 21.8. The summed E-state index contributed by atoms with van der Waals surface area (Å²) in [5.74, 6) is -1.12. The Morgan fingerprint density at radius 2 is 0.921 bits per heavy atom. The van der Waals surface area contributed by atoms with E-state index in [4.69, 9.17) is 28.0 Å². The van der Waals surface area contributed by atoms with Crippen molar-refractivity contribution in [1.29, 1.82) is 0 Å². The van der Waals surface area contributed by atoms with Crippen molar-refractivity contribution >= 4 is 45.5 Å². The summed E-state index contributed by atoms with van der Waals surface area (Å²) in [4.78, 5) is 26.0. The van der Waals surface area contributed by atoms with Crippen LogP contribution in [0.1, 0.15) is 27.7 Å². The molecule has 0 unspecified atom stereocenters. The second-order valence-electron chi connectivity index (χ2n) is 7.08. The van der Waals surface area contributed by atoms with Crippen molar-refractivity contribution < 1.29 is 14.7 Å². The Morgan fingerprint density at radius 3 is 1.13 bits per heavy atom. The number of carbonyl (C=O) groups is 2. The highest BCUT2D eigenvalue weighted by Gasteiger charge is 1.93. The van der Waals surface area contributed by atoms with Gasteiger partial charge in [0.2, 0.25) is 11.8 Å². The van der Waals surface area contributed by atoms with Crippen LogP contribution in [0.25, 0.3) is 21.8 Å². The molecule has 11 nitrogen and oxygen atoms in total. The zero-order valence-electron chi connectivity index (χ0n) is 23.3. The molecule has 2 amide bonds. The SMILES string of the molecule is CC.CC(=O)N=C(N)N.CC(=O)N=C(N)N.CO.Cn1ccc2ccccc21.Cn1ccc2ccccc21. The number of amides is 2. The van der Waals surface area contributed by atoms with Gasteiger partial charge in [-0.25, -0.2) is 0 Å². The van der Waals surface area contributed by atoms with Gasteiger partial charge in [-0.1, -0.05) is 50.2 Å². The molecule has 0 fully saturated rings. The lowest BCUT2D eigenvalue weighted by atomic mass is 10.2. The van der Waals surface area contributed by atoms with Crippen molar-refractivity contribution in [2.75, 3.05) is 7.11 Å². The minimum absolute atomic E-state index is 0.187. The van der Waals surface area contributed by atoms with Crippen LogP contribution in [0, 0.1) is 0 Å². The van der Waals surface area contributed by atoms with Crippen LogP contribution in [0.2, 0.25) is 0 Å². The van der Waals surface area contributed by atoms with E-state index in [1.165, 1.54) is 35.7 Å². The highest BCUT2D eigenvalue weighted by Crippen LogP contribution is 2.13. The number of aromatic nitrogens is 2. The van der Waals surface area contributed by atoms with Crippen LogP contribution >= 0.6 is 0 Å². The highest BCUT2D eigenvalue weighted by molar-refractivity contribution is 5.90. The Morgan fingerprint density at radius 1 is 0.632 bits per heavy atom. The maximum Gasteiger partial charge on any atom is 0.245 e. The fourth-order valence-electron chi connectivity index (χ4n) is 2.81. The molecule has 0 aliphatic heterocycles. The van der Waals surface area contributed by atoms with Crippen LogP contribution in [0.15, 0.2) is 83.0 Å². The number of guanidine groups is 2. The second-order valence-corrected chi connectivity index (χ2v) is 7.08. The Bertz CT molecular complexity index is 1180. The number of para-hydroxylation sites is 2. The van der Waals surface area contributed by atoms with Gasteiger partial charge in [-0.3, -0.25) is 9.59 Å². The van der Waals surface area contributed by atoms with Gasteiger partial charge in [-0.05, 0) is 35.0 Å². The van der Waals surface area contributed by atoms with Crippen LogP contribution in [0.3, 0.4) is 0 Å². The third kappa shape index (κ3) is 15.4. The molecule has 0 saturated carbocycles. The zero-order chi connectivity index (χ0) is 29.7. The van der Waals surface area contributed by atoms with Gasteiger partial charge in [0.15, 0.2) is 11.9 Å². The number of rotatable bonds is 0. The normalized spacial score (nSPS) is 8.63. The Balaban J connectivity index is 0. The first kappa shape index (κ1) is 35.5. The third-order valence-corrected chi connectivity index (χ3v) is 4.16. The minimum atomic E-state index is -0.375. The van der Waals surface area contributed by atoms with Crippen LogP contribution in [-0.2, 0) is 23.7 Å². The molecule has 4 rings (SSSR count). The lowest BCUT2D eigenvalue weighted by Gasteiger charge is -1.92. The van der Waals surface area contributed by atoms with Crippen molar-refractivity contribution in [3.8, 4) is 0 Å². The van der Waals surface area contributed by atoms with E-state index in [9.17, 15) is 9.59 Å². The maximum atomic E-state index is 9.91. The van der Waals surface area contributed by atoms with E-state index < -0.39 is 0 Å². The van der Waals surface area contributed by atoms with Gasteiger partial charge >= 0.3 is 0 Å². The molecule has 208 valence electrons. The van der Waals surface area contributed by atoms with Gasteiger partial charge in [0.05, 0.1) is 0 Å². The molecule has 38 heavy (non-hydrogen) atoms. The van der Waals surface area contributed by atoms with Crippen LogP contribution in [0.5, 0.6) is 0 Å². The highest BCUT2D eigenvalue weighted by atomic mass is 16.2. The van der Waals surface area contributed by atoms with E-state index in [1.54, 1.807) is 0 Å². The Hall–Kier alpha value is -4.64. The van der Waals surface area contributed by atoms with E-state index in [-0.39, 0.29) is 23.7 Å². The van der Waals surface area contributed by atoms with Gasteiger partial charge in [-0.2, -0.15) is 9.98 Å². The molecule has 0 aliphatic carbocycles. The predicted octanol–water partition coefficient (Wildman–Crippen LogP) is 2.60. The number of fused-ring (bicyclic) bond motifs is 2. The Kier molecular flexibility index (Phi) is 19.2. The summed E-state index contributed by atoms with van der Waals surface area (Å²) in [7, 11) is 5.12. The minimum Gasteiger partial charge on any atom is -0.400 e. The first-order valence-corrected chi connectivity index (χ1v) is 11.7. The second kappa shape index (κ2) is 20.5. The number of benzene rings is 2. The van der Waals surface area contributed by atoms with Gasteiger partial charge in [0.25, 0.3) is 0 Å². The topological polar surface area (TPSA) is 193 Å². The van der Waals surface area contributed by atoms with E-state index in [2.05, 4.69) is 106 Å². The fourth-order valence-corrected chi connectivity index (χ4v) is 2.81. The summed E-state index contributed by atoms with van der Waals surface area (Å²) in [6.45, 7) is 6.56. The molecule has 0 spiro atoms. The third-order valence-electron chi connectivity index (χ3n) is 4.16. The average Bonchev–Trinajstić information content (AvgIpc) is 3.44. The van der Waals surface area contributed by atoms with E-state index in [0.717, 1.165) is 7.11 Å². The molecule has 0 saturated heterocycles. The number of aliphatic hydroxyl groups is 1. The number of nitrogens with two attached hydrogens (primary N) is 4. The number of nitrogens with zero attached hydrogens (tertiary/aromatic N) is 4. The van der Waals surface area contributed by atoms with Gasteiger partial charge in [0.1, 0.15) is 0 Å². The molecule has 11 heteroatoms. The van der Waals surface area contributed by atoms with Gasteiger partial charge in [0, 0.05) is 58.5 Å². The quantitative estimate of drug-likeness (QED) is 0.171. The summed E-state index contributed by atoms with van der Waals surface area (Å²) < 4.78 is 4.24. The summed E-state index contributed by atoms with van der Waals surface area (Å²) in [6.07, 6.45) is 4.15. The summed E-state index contributed by atoms with van der Waals surface area (Å²) in [6, 6.07) is 21.0. The molecule has 4 aromatic rings. The number of hydrogen-bond donors (Lipinski definition) is 5. The summed E-state index contributed by atoms with van der Waals surface area (Å²) >= 11 is 0. The molecular weight excluding hydrogens is 484 g/mol. The number of carbonyl (C=O) groups excluding carboxylic acids is 2. The smallest absolute Gasteiger partial charge is 0.245 e. The molecule has 0 atom stereocenters. The van der Waals surface area contributed by atoms with E-state index in [0.29, 0.717) is 0 Å². The van der Waals surface area contributed by atoms with Crippen LogP contribution in [-0.4, -0.2) is 45.1 Å². The van der Waals surface area contributed by atoms with E-state index in [1.807, 2.05) is 13.8 Å². The molecule has 2 aromatic heterocycles. The number of aliphatic imine (C=N–C) groups is 2. The summed E-state index contributed by atoms with van der Waals surface area (Å²) in [5, 5.41) is 9.62. The van der Waals surface area contributed by atoms with Crippen molar-refractivity contribution in [1.82, 2.24) is 9.13 Å². The van der Waals surface area contributed by atoms with Crippen molar-refractivity contribution in [2.45, 2.75) is 27.7 Å². The number of hydrogen-bond acceptors (Lipinski definition) is 3. The predicted molar refractivity (Wildman–Crippen MR) is 158 cm³/mol. The van der Waals surface area contributed by atoms with Crippen molar-refractivity contribution in [2.24, 2.45) is 47.0 Å². The first-order valence-electron chi connectivity index (χ1n) is 11.7. The average molecular weight is 527 g/mol. The van der Waals surface area contributed by atoms with Gasteiger partial charge in [-0.15, -0.1) is 0 Å². The van der Waals surface area contributed by atoms with Crippen molar-refractivity contribution in [3.63, 3.8) is 0 Å². The molecular formula is C27H42N8O3. The van der Waals surface area contributed by atoms with Gasteiger partial charge < -0.3 is 37.2 Å². The molecule has 2 aromatic carbocycles. The molecule has 0 bridgehead atoms. The first-order chi connectivity index (χ1) is 18.0. The zero-order valence-corrected chi connectivity index (χ0v) is 23.3.